The number of nitrogens with one attached hydrogen (secondary N) is 2. The molecule has 0 aliphatic carbocycles. The first-order valence-corrected chi connectivity index (χ1v) is 9.41. The van der Waals surface area contributed by atoms with Gasteiger partial charge in [-0.2, -0.15) is 0 Å². The highest BCUT2D eigenvalue weighted by Crippen LogP contribution is 2.21. The molecule has 0 bridgehead atoms. The molecular weight excluding hydrogens is 342 g/mol. The van der Waals surface area contributed by atoms with Crippen molar-refractivity contribution in [1.82, 2.24) is 10.6 Å². The van der Waals surface area contributed by atoms with Gasteiger partial charge in [0.2, 0.25) is 0 Å². The molecule has 2 aromatic rings. The monoisotopic (exact) mass is 373 g/mol. The number of hydrogen-bond donors (Lipinski definition) is 3. The van der Waals surface area contributed by atoms with Crippen LogP contribution in [0.2, 0.25) is 0 Å². The van der Waals surface area contributed by atoms with E-state index in [1.807, 2.05) is 26.8 Å². The number of furan rings is 1. The van der Waals surface area contributed by atoms with E-state index in [2.05, 4.69) is 39.9 Å². The second kappa shape index (κ2) is 10.1. The minimum Gasteiger partial charge on any atom is -0.463 e. The molecule has 6 heteroatoms. The fourth-order valence-corrected chi connectivity index (χ4v) is 2.54. The quantitative estimate of drug-likeness (QED) is 0.465. The molecule has 0 fully saturated rings. The van der Waals surface area contributed by atoms with Crippen molar-refractivity contribution in [2.24, 2.45) is 4.99 Å². The average molecular weight is 373 g/mol. The van der Waals surface area contributed by atoms with Gasteiger partial charge in [0.25, 0.3) is 0 Å². The van der Waals surface area contributed by atoms with Crippen LogP contribution in [0.3, 0.4) is 0 Å². The summed E-state index contributed by atoms with van der Waals surface area (Å²) in [5.41, 5.74) is 1.14. The maximum Gasteiger partial charge on any atom is 0.191 e. The fourth-order valence-electron chi connectivity index (χ4n) is 2.54. The minimum absolute atomic E-state index is 0.291. The van der Waals surface area contributed by atoms with Crippen molar-refractivity contribution in [1.29, 1.82) is 0 Å². The molecule has 0 radical (unpaired) electrons. The molecule has 148 valence electrons. The third-order valence-corrected chi connectivity index (χ3v) is 4.13. The Morgan fingerprint density at radius 1 is 1.11 bits per heavy atom. The number of aliphatic hydroxyl groups is 1. The summed E-state index contributed by atoms with van der Waals surface area (Å²) < 4.78 is 11.0. The summed E-state index contributed by atoms with van der Waals surface area (Å²) in [4.78, 5) is 4.60. The fraction of sp³-hybridized carbons (Fsp3) is 0.476. The molecular formula is C21H31N3O3. The Morgan fingerprint density at radius 3 is 2.41 bits per heavy atom. The van der Waals surface area contributed by atoms with Gasteiger partial charge in [-0.25, -0.2) is 4.99 Å². The summed E-state index contributed by atoms with van der Waals surface area (Å²) >= 11 is 0. The average Bonchev–Trinajstić information content (AvgIpc) is 3.10. The normalized spacial score (nSPS) is 14.0. The Balaban J connectivity index is 1.95. The molecule has 1 unspecified atom stereocenters. The van der Waals surface area contributed by atoms with Gasteiger partial charge in [0, 0.05) is 13.2 Å². The Labute approximate surface area is 161 Å². The summed E-state index contributed by atoms with van der Waals surface area (Å²) in [6.45, 7) is 10.5. The van der Waals surface area contributed by atoms with Crippen molar-refractivity contribution >= 4 is 5.96 Å². The standard InChI is InChI=1S/C21H31N3O3/c1-5-22-20(24-15-21(4,25)19-12-7-16(3)27-19)23-13-17-8-10-18(11-9-17)14-26-6-2/h7-12,25H,5-6,13-15H2,1-4H3,(H2,22,23,24). The molecule has 1 atom stereocenters. The van der Waals surface area contributed by atoms with E-state index in [9.17, 15) is 5.11 Å². The Bertz CT molecular complexity index is 721. The van der Waals surface area contributed by atoms with Crippen LogP contribution in [0, 0.1) is 6.92 Å². The number of hydrogen-bond acceptors (Lipinski definition) is 4. The zero-order valence-electron chi connectivity index (χ0n) is 16.7. The third kappa shape index (κ3) is 6.73. The molecule has 0 amide bonds. The van der Waals surface area contributed by atoms with E-state index in [4.69, 9.17) is 9.15 Å². The van der Waals surface area contributed by atoms with E-state index in [-0.39, 0.29) is 0 Å². The van der Waals surface area contributed by atoms with Crippen LogP contribution in [0.15, 0.2) is 45.8 Å². The van der Waals surface area contributed by atoms with Crippen LogP contribution < -0.4 is 10.6 Å². The van der Waals surface area contributed by atoms with E-state index in [0.717, 1.165) is 23.4 Å². The predicted octanol–water partition coefficient (Wildman–Crippen LogP) is 3.09. The number of guanidine groups is 1. The van der Waals surface area contributed by atoms with Gasteiger partial charge in [-0.05, 0) is 51.0 Å². The van der Waals surface area contributed by atoms with Crippen LogP contribution in [0.5, 0.6) is 0 Å². The molecule has 2 rings (SSSR count). The number of aliphatic imine (C=N–C) groups is 1. The first kappa shape index (κ1) is 21.0. The van der Waals surface area contributed by atoms with Gasteiger partial charge >= 0.3 is 0 Å². The lowest BCUT2D eigenvalue weighted by atomic mass is 10.0. The maximum absolute atomic E-state index is 10.7. The molecule has 0 saturated carbocycles. The predicted molar refractivity (Wildman–Crippen MR) is 108 cm³/mol. The van der Waals surface area contributed by atoms with E-state index < -0.39 is 5.60 Å². The number of aryl methyl sites for hydroxylation is 1. The minimum atomic E-state index is -1.12. The molecule has 0 spiro atoms. The molecule has 1 heterocycles. The maximum atomic E-state index is 10.7. The first-order valence-electron chi connectivity index (χ1n) is 9.41. The summed E-state index contributed by atoms with van der Waals surface area (Å²) in [5.74, 6) is 1.96. The van der Waals surface area contributed by atoms with Gasteiger partial charge in [-0.3, -0.25) is 0 Å². The smallest absolute Gasteiger partial charge is 0.191 e. The molecule has 3 N–H and O–H groups in total. The van der Waals surface area contributed by atoms with E-state index in [0.29, 0.717) is 38.0 Å². The second-order valence-electron chi connectivity index (χ2n) is 6.69. The second-order valence-corrected chi connectivity index (χ2v) is 6.69. The SMILES string of the molecule is CCNC(=NCc1ccc(COCC)cc1)NCC(C)(O)c1ccc(C)o1. The molecule has 1 aromatic carbocycles. The van der Waals surface area contributed by atoms with Gasteiger partial charge in [-0.15, -0.1) is 0 Å². The number of nitrogens with zero attached hydrogens (tertiary/aromatic N) is 1. The molecule has 27 heavy (non-hydrogen) atoms. The van der Waals surface area contributed by atoms with Crippen molar-refractivity contribution in [3.05, 3.63) is 59.0 Å². The van der Waals surface area contributed by atoms with E-state index in [1.165, 1.54) is 0 Å². The number of rotatable bonds is 9. The number of benzene rings is 1. The molecule has 0 saturated heterocycles. The van der Waals surface area contributed by atoms with Gasteiger partial charge in [0.1, 0.15) is 17.1 Å². The zero-order chi connectivity index (χ0) is 19.7. The lowest BCUT2D eigenvalue weighted by Crippen LogP contribution is -2.44. The Hall–Kier alpha value is -2.31. The van der Waals surface area contributed by atoms with Crippen molar-refractivity contribution < 1.29 is 14.3 Å². The molecule has 6 nitrogen and oxygen atoms in total. The summed E-state index contributed by atoms with van der Waals surface area (Å²) in [6.07, 6.45) is 0. The number of ether oxygens (including phenoxy) is 1. The summed E-state index contributed by atoms with van der Waals surface area (Å²) in [7, 11) is 0. The highest BCUT2D eigenvalue weighted by atomic mass is 16.5. The Morgan fingerprint density at radius 2 is 1.81 bits per heavy atom. The summed E-state index contributed by atoms with van der Waals surface area (Å²) in [5, 5.41) is 17.0. The molecule has 0 aliphatic heterocycles. The highest BCUT2D eigenvalue weighted by molar-refractivity contribution is 5.79. The van der Waals surface area contributed by atoms with Gasteiger partial charge in [0.15, 0.2) is 5.96 Å². The lowest BCUT2D eigenvalue weighted by molar-refractivity contribution is 0.0378. The van der Waals surface area contributed by atoms with Gasteiger partial charge in [0.05, 0.1) is 19.7 Å². The zero-order valence-corrected chi connectivity index (χ0v) is 16.7. The van der Waals surface area contributed by atoms with Crippen molar-refractivity contribution in [2.45, 2.75) is 46.4 Å². The van der Waals surface area contributed by atoms with Gasteiger partial charge < -0.3 is 24.9 Å². The van der Waals surface area contributed by atoms with Crippen LogP contribution in [0.4, 0.5) is 0 Å². The van der Waals surface area contributed by atoms with Crippen LogP contribution in [-0.4, -0.2) is 30.8 Å². The van der Waals surface area contributed by atoms with E-state index in [1.54, 1.807) is 13.0 Å². The highest BCUT2D eigenvalue weighted by Gasteiger charge is 2.27. The topological polar surface area (TPSA) is 79.0 Å². The van der Waals surface area contributed by atoms with Gasteiger partial charge in [-0.1, -0.05) is 24.3 Å². The van der Waals surface area contributed by atoms with E-state index >= 15 is 0 Å². The third-order valence-electron chi connectivity index (χ3n) is 4.13. The largest absolute Gasteiger partial charge is 0.463 e. The Kier molecular flexibility index (Phi) is 7.88. The lowest BCUT2D eigenvalue weighted by Gasteiger charge is -2.22. The van der Waals surface area contributed by atoms with Crippen molar-refractivity contribution in [3.63, 3.8) is 0 Å². The van der Waals surface area contributed by atoms with Crippen molar-refractivity contribution in [2.75, 3.05) is 19.7 Å². The first-order chi connectivity index (χ1) is 12.9. The molecule has 1 aromatic heterocycles. The van der Waals surface area contributed by atoms with Crippen molar-refractivity contribution in [3.8, 4) is 0 Å². The molecule has 0 aliphatic rings. The van der Waals surface area contributed by atoms with Crippen LogP contribution >= 0.6 is 0 Å². The summed E-state index contributed by atoms with van der Waals surface area (Å²) in [6, 6.07) is 11.9. The van der Waals surface area contributed by atoms with Crippen LogP contribution in [0.1, 0.15) is 43.4 Å². The van der Waals surface area contributed by atoms with Crippen LogP contribution in [-0.2, 0) is 23.5 Å². The van der Waals surface area contributed by atoms with Crippen LogP contribution in [0.25, 0.3) is 0 Å².